The first-order valence-corrected chi connectivity index (χ1v) is 9.33. The topological polar surface area (TPSA) is 87.6 Å². The third-order valence-electron chi connectivity index (χ3n) is 3.58. The van der Waals surface area contributed by atoms with Gasteiger partial charge < -0.3 is 10.0 Å². The molecule has 1 aliphatic heterocycles. The number of carboxylic acid groups (broad SMARTS) is 1. The van der Waals surface area contributed by atoms with Crippen molar-refractivity contribution < 1.29 is 18.3 Å². The van der Waals surface area contributed by atoms with Crippen molar-refractivity contribution in [2.24, 2.45) is 0 Å². The molecule has 0 saturated carbocycles. The van der Waals surface area contributed by atoms with E-state index in [-0.39, 0.29) is 27.8 Å². The van der Waals surface area contributed by atoms with Gasteiger partial charge in [-0.15, -0.1) is 0 Å². The summed E-state index contributed by atoms with van der Waals surface area (Å²) in [5, 5.41) is 9.90. The molecule has 2 rings (SSSR count). The van der Waals surface area contributed by atoms with Crippen LogP contribution < -0.4 is 4.90 Å². The number of aromatic carboxylic acids is 1. The Bertz CT molecular complexity index is 658. The number of rotatable bonds is 3. The van der Waals surface area contributed by atoms with Crippen LogP contribution in [0, 0.1) is 0 Å². The number of carbonyl (C=O) groups is 1. The van der Waals surface area contributed by atoms with Gasteiger partial charge in [-0.2, -0.15) is 0 Å². The number of carboxylic acids is 1. The predicted octanol–water partition coefficient (Wildman–Crippen LogP) is 1.76. The van der Waals surface area contributed by atoms with Gasteiger partial charge in [0, 0.05) is 18.5 Å². The quantitative estimate of drug-likeness (QED) is 0.907. The number of nitrogens with zero attached hydrogens (tertiary/aromatic N) is 2. The zero-order valence-electron chi connectivity index (χ0n) is 12.6. The van der Waals surface area contributed by atoms with Gasteiger partial charge in [0.25, 0.3) is 0 Å². The third kappa shape index (κ3) is 3.37. The molecule has 0 aliphatic carbocycles. The van der Waals surface area contributed by atoms with Gasteiger partial charge in [0.05, 0.1) is 17.2 Å². The number of hydrogen-bond donors (Lipinski definition) is 1. The van der Waals surface area contributed by atoms with Crippen molar-refractivity contribution in [2.75, 3.05) is 23.5 Å². The fraction of sp³-hybridized carbons (Fsp3) is 0.692. The largest absolute Gasteiger partial charge is 0.477 e. The number of sulfone groups is 1. The zero-order chi connectivity index (χ0) is 16.0. The van der Waals surface area contributed by atoms with Crippen LogP contribution >= 0.6 is 11.3 Å². The summed E-state index contributed by atoms with van der Waals surface area (Å²) in [7, 11) is -1.20. The van der Waals surface area contributed by atoms with Gasteiger partial charge in [0.1, 0.15) is 4.88 Å². The third-order valence-corrected chi connectivity index (χ3v) is 6.46. The second-order valence-electron chi connectivity index (χ2n) is 6.40. The van der Waals surface area contributed by atoms with Crippen LogP contribution in [0.2, 0.25) is 0 Å². The molecule has 1 fully saturated rings. The van der Waals surface area contributed by atoms with Crippen LogP contribution in [-0.4, -0.2) is 49.1 Å². The SMILES string of the molecule is CN(c1nc(C(C)(C)C)c(C(=O)O)s1)C1CCS(=O)(=O)C1. The molecular formula is C13H20N2O4S2. The molecule has 1 unspecified atom stereocenters. The normalized spacial score (nSPS) is 21.4. The van der Waals surface area contributed by atoms with Crippen molar-refractivity contribution in [2.45, 2.75) is 38.6 Å². The Morgan fingerprint density at radius 2 is 2.05 bits per heavy atom. The maximum absolute atomic E-state index is 11.6. The smallest absolute Gasteiger partial charge is 0.347 e. The maximum atomic E-state index is 11.6. The highest BCUT2D eigenvalue weighted by Crippen LogP contribution is 2.35. The highest BCUT2D eigenvalue weighted by Gasteiger charge is 2.34. The molecule has 2 heterocycles. The first-order valence-electron chi connectivity index (χ1n) is 6.69. The van der Waals surface area contributed by atoms with Crippen LogP contribution in [0.5, 0.6) is 0 Å². The lowest BCUT2D eigenvalue weighted by atomic mass is 9.91. The van der Waals surface area contributed by atoms with Crippen molar-refractivity contribution >= 4 is 32.3 Å². The maximum Gasteiger partial charge on any atom is 0.347 e. The molecule has 0 bridgehead atoms. The molecule has 0 spiro atoms. The predicted molar refractivity (Wildman–Crippen MR) is 83.2 cm³/mol. The second kappa shape index (κ2) is 5.24. The first kappa shape index (κ1) is 16.2. The van der Waals surface area contributed by atoms with Gasteiger partial charge in [-0.3, -0.25) is 0 Å². The van der Waals surface area contributed by atoms with Crippen LogP contribution in [-0.2, 0) is 15.3 Å². The molecule has 1 atom stereocenters. The summed E-state index contributed by atoms with van der Waals surface area (Å²) in [4.78, 5) is 17.9. The first-order chi connectivity index (χ1) is 9.51. The average Bonchev–Trinajstić information content (AvgIpc) is 2.90. The van der Waals surface area contributed by atoms with Crippen LogP contribution in [0.25, 0.3) is 0 Å². The lowest BCUT2D eigenvalue weighted by molar-refractivity contribution is 0.0699. The molecule has 8 heteroatoms. The van der Waals surface area contributed by atoms with Crippen molar-refractivity contribution in [3.8, 4) is 0 Å². The van der Waals surface area contributed by atoms with E-state index < -0.39 is 15.8 Å². The molecule has 1 aliphatic rings. The highest BCUT2D eigenvalue weighted by atomic mass is 32.2. The Morgan fingerprint density at radius 3 is 2.43 bits per heavy atom. The number of anilines is 1. The summed E-state index contributed by atoms with van der Waals surface area (Å²) < 4.78 is 23.2. The molecule has 1 aromatic heterocycles. The lowest BCUT2D eigenvalue weighted by Crippen LogP contribution is -2.32. The van der Waals surface area contributed by atoms with E-state index in [1.54, 1.807) is 11.9 Å². The molecule has 1 saturated heterocycles. The molecule has 0 radical (unpaired) electrons. The van der Waals surface area contributed by atoms with Gasteiger partial charge in [-0.25, -0.2) is 18.2 Å². The van der Waals surface area contributed by atoms with Crippen LogP contribution in [0.15, 0.2) is 0 Å². The molecule has 1 N–H and O–H groups in total. The second-order valence-corrected chi connectivity index (χ2v) is 9.60. The lowest BCUT2D eigenvalue weighted by Gasteiger charge is -2.22. The Morgan fingerprint density at radius 1 is 1.43 bits per heavy atom. The Kier molecular flexibility index (Phi) is 4.05. The minimum absolute atomic E-state index is 0.107. The van der Waals surface area contributed by atoms with Crippen molar-refractivity contribution in [1.82, 2.24) is 4.98 Å². The summed E-state index contributed by atoms with van der Waals surface area (Å²) in [6.07, 6.45) is 0.561. The Labute approximate surface area is 128 Å². The zero-order valence-corrected chi connectivity index (χ0v) is 14.2. The molecule has 118 valence electrons. The molecular weight excluding hydrogens is 312 g/mol. The van der Waals surface area contributed by atoms with E-state index in [4.69, 9.17) is 0 Å². The molecule has 0 aromatic carbocycles. The molecule has 1 aromatic rings. The summed E-state index contributed by atoms with van der Waals surface area (Å²) in [6.45, 7) is 5.74. The summed E-state index contributed by atoms with van der Waals surface area (Å²) >= 11 is 1.11. The summed E-state index contributed by atoms with van der Waals surface area (Å²) in [5.74, 6) is -0.696. The average molecular weight is 332 g/mol. The summed E-state index contributed by atoms with van der Waals surface area (Å²) in [6, 6.07) is -0.129. The van der Waals surface area contributed by atoms with E-state index >= 15 is 0 Å². The minimum atomic E-state index is -2.98. The fourth-order valence-corrected chi connectivity index (χ4v) is 5.27. The van der Waals surface area contributed by atoms with Crippen LogP contribution in [0.4, 0.5) is 5.13 Å². The highest BCUT2D eigenvalue weighted by molar-refractivity contribution is 7.91. The van der Waals surface area contributed by atoms with Crippen LogP contribution in [0.3, 0.4) is 0 Å². The number of aromatic nitrogens is 1. The van der Waals surface area contributed by atoms with Crippen LogP contribution in [0.1, 0.15) is 42.6 Å². The minimum Gasteiger partial charge on any atom is -0.477 e. The van der Waals surface area contributed by atoms with Gasteiger partial charge in [-0.1, -0.05) is 32.1 Å². The fourth-order valence-electron chi connectivity index (χ4n) is 2.35. The van der Waals surface area contributed by atoms with Gasteiger partial charge in [0.15, 0.2) is 15.0 Å². The van der Waals surface area contributed by atoms with Crippen molar-refractivity contribution in [1.29, 1.82) is 0 Å². The van der Waals surface area contributed by atoms with Crippen molar-refractivity contribution in [3.05, 3.63) is 10.6 Å². The van der Waals surface area contributed by atoms with E-state index in [1.807, 2.05) is 20.8 Å². The number of thiazole rings is 1. The molecule has 6 nitrogen and oxygen atoms in total. The Hall–Kier alpha value is -1.15. The molecule has 0 amide bonds. The number of hydrogen-bond acceptors (Lipinski definition) is 6. The van der Waals surface area contributed by atoms with Gasteiger partial charge in [0.2, 0.25) is 0 Å². The van der Waals surface area contributed by atoms with Crippen molar-refractivity contribution in [3.63, 3.8) is 0 Å². The van der Waals surface area contributed by atoms with E-state index in [1.165, 1.54) is 0 Å². The van der Waals surface area contributed by atoms with Gasteiger partial charge in [-0.05, 0) is 6.42 Å². The Balaban J connectivity index is 2.35. The summed E-state index contributed by atoms with van der Waals surface area (Å²) in [5.41, 5.74) is 0.174. The van der Waals surface area contributed by atoms with Gasteiger partial charge >= 0.3 is 5.97 Å². The van der Waals surface area contributed by atoms with E-state index in [0.29, 0.717) is 17.2 Å². The van der Waals surface area contributed by atoms with E-state index in [2.05, 4.69) is 4.98 Å². The standard InChI is InChI=1S/C13H20N2O4S2/c1-13(2,3)10-9(11(16)17)20-12(14-10)15(4)8-5-6-21(18,19)7-8/h8H,5-7H2,1-4H3,(H,16,17). The molecule has 21 heavy (non-hydrogen) atoms. The van der Waals surface area contributed by atoms with E-state index in [0.717, 1.165) is 11.3 Å². The monoisotopic (exact) mass is 332 g/mol. The van der Waals surface area contributed by atoms with E-state index in [9.17, 15) is 18.3 Å².